The minimum Gasteiger partial charge on any atom is -0.494 e. The van der Waals surface area contributed by atoms with Gasteiger partial charge in [-0.25, -0.2) is 8.42 Å². The number of nitrogens with zero attached hydrogens (tertiary/aromatic N) is 2. The molecule has 220 valence electrons. The van der Waals surface area contributed by atoms with Crippen molar-refractivity contribution in [1.29, 1.82) is 0 Å². The molecule has 1 unspecified atom stereocenters. The first-order valence-electron chi connectivity index (χ1n) is 13.4. The van der Waals surface area contributed by atoms with Gasteiger partial charge in [0.15, 0.2) is 0 Å². The molecule has 3 aromatic rings. The van der Waals surface area contributed by atoms with Crippen molar-refractivity contribution >= 4 is 50.9 Å². The molecule has 0 heterocycles. The molecule has 0 aliphatic rings. The molecule has 11 heteroatoms. The van der Waals surface area contributed by atoms with Crippen LogP contribution >= 0.6 is 23.4 Å². The smallest absolute Gasteiger partial charge is 0.264 e. The van der Waals surface area contributed by atoms with E-state index in [1.165, 1.54) is 28.8 Å². The second-order valence-corrected chi connectivity index (χ2v) is 12.3. The lowest BCUT2D eigenvalue weighted by atomic mass is 10.1. The highest BCUT2D eigenvalue weighted by atomic mass is 35.5. The van der Waals surface area contributed by atoms with Crippen molar-refractivity contribution in [2.24, 2.45) is 0 Å². The fraction of sp³-hybridized carbons (Fsp3) is 0.333. The van der Waals surface area contributed by atoms with E-state index >= 15 is 0 Å². The Morgan fingerprint density at radius 3 is 2.12 bits per heavy atom. The molecule has 41 heavy (non-hydrogen) atoms. The van der Waals surface area contributed by atoms with Crippen LogP contribution in [0.3, 0.4) is 0 Å². The van der Waals surface area contributed by atoms with E-state index in [1.807, 2.05) is 20.1 Å². The molecule has 1 atom stereocenters. The number of hydrogen-bond donors (Lipinski definition) is 1. The molecule has 3 aromatic carbocycles. The van der Waals surface area contributed by atoms with E-state index in [0.717, 1.165) is 14.8 Å². The maximum absolute atomic E-state index is 14.0. The summed E-state index contributed by atoms with van der Waals surface area (Å²) in [5.74, 6) is -0.243. The van der Waals surface area contributed by atoms with Crippen molar-refractivity contribution in [3.8, 4) is 5.75 Å². The maximum atomic E-state index is 14.0. The number of carbonyl (C=O) groups excluding carboxylic acids is 2. The van der Waals surface area contributed by atoms with Crippen LogP contribution in [0.4, 0.5) is 5.69 Å². The van der Waals surface area contributed by atoms with Crippen LogP contribution in [0.15, 0.2) is 82.6 Å². The molecule has 0 aliphatic heterocycles. The molecule has 0 radical (unpaired) electrons. The first-order valence-corrected chi connectivity index (χ1v) is 16.4. The molecule has 8 nitrogen and oxygen atoms in total. The number of rotatable bonds is 14. The normalized spacial score (nSPS) is 11.9. The van der Waals surface area contributed by atoms with Crippen molar-refractivity contribution in [2.45, 2.75) is 49.6 Å². The zero-order chi connectivity index (χ0) is 30.0. The molecular weight excluding hydrogens is 582 g/mol. The fourth-order valence-corrected chi connectivity index (χ4v) is 6.23. The maximum Gasteiger partial charge on any atom is 0.264 e. The van der Waals surface area contributed by atoms with E-state index in [1.54, 1.807) is 67.6 Å². The molecule has 0 spiro atoms. The van der Waals surface area contributed by atoms with Crippen LogP contribution in [0.1, 0.15) is 32.8 Å². The summed E-state index contributed by atoms with van der Waals surface area (Å²) in [6.45, 7) is 5.93. The van der Waals surface area contributed by atoms with E-state index in [2.05, 4.69) is 5.32 Å². The first kappa shape index (κ1) is 32.3. The number of ether oxygens (including phenoxy) is 1. The van der Waals surface area contributed by atoms with Gasteiger partial charge in [-0.15, -0.1) is 11.8 Å². The highest BCUT2D eigenvalue weighted by Gasteiger charge is 2.33. The molecule has 2 amide bonds. The van der Waals surface area contributed by atoms with E-state index in [9.17, 15) is 18.0 Å². The molecule has 0 fully saturated rings. The minimum atomic E-state index is -4.16. The molecule has 0 aliphatic carbocycles. The number of thioether (sulfide) groups is 1. The average Bonchev–Trinajstić information content (AvgIpc) is 2.97. The van der Waals surface area contributed by atoms with Gasteiger partial charge in [0.1, 0.15) is 18.3 Å². The predicted molar refractivity (Wildman–Crippen MR) is 165 cm³/mol. The van der Waals surface area contributed by atoms with Gasteiger partial charge in [0, 0.05) is 23.0 Å². The topological polar surface area (TPSA) is 96.0 Å². The van der Waals surface area contributed by atoms with E-state index in [-0.39, 0.29) is 17.3 Å². The van der Waals surface area contributed by atoms with Crippen LogP contribution in [0.5, 0.6) is 5.75 Å². The second-order valence-electron chi connectivity index (χ2n) is 9.08. The minimum absolute atomic E-state index is 0.0528. The number of amides is 2. The largest absolute Gasteiger partial charge is 0.494 e. The second kappa shape index (κ2) is 15.1. The molecule has 0 saturated heterocycles. The Kier molecular flexibility index (Phi) is 11.9. The number of anilines is 1. The standard InChI is InChI=1S/C30H36ClN3O5S2/c1-5-28(30(36)32-6-2)33(20-22-8-10-23(31)11-9-22)29(35)21-34(24-12-14-25(15-13-24)39-7-3)41(37,38)27-18-16-26(40-4)17-19-27/h8-19,28H,5-7,20-21H2,1-4H3,(H,32,36). The predicted octanol–water partition coefficient (Wildman–Crippen LogP) is 5.60. The molecular formula is C30H36ClN3O5S2. The Balaban J connectivity index is 2.05. The van der Waals surface area contributed by atoms with Gasteiger partial charge in [0.2, 0.25) is 11.8 Å². The van der Waals surface area contributed by atoms with Crippen molar-refractivity contribution in [2.75, 3.05) is 30.3 Å². The zero-order valence-corrected chi connectivity index (χ0v) is 26.1. The van der Waals surface area contributed by atoms with Crippen LogP contribution in [0.2, 0.25) is 5.02 Å². The Hall–Kier alpha value is -3.21. The Morgan fingerprint density at radius 2 is 1.59 bits per heavy atom. The van der Waals surface area contributed by atoms with Crippen molar-refractivity contribution in [3.05, 3.63) is 83.4 Å². The summed E-state index contributed by atoms with van der Waals surface area (Å²) in [5.41, 5.74) is 1.06. The van der Waals surface area contributed by atoms with Gasteiger partial charge in [-0.1, -0.05) is 30.7 Å². The van der Waals surface area contributed by atoms with Crippen LogP contribution < -0.4 is 14.4 Å². The first-order chi connectivity index (χ1) is 19.6. The monoisotopic (exact) mass is 617 g/mol. The third kappa shape index (κ3) is 8.40. The SMILES string of the molecule is CCNC(=O)C(CC)N(Cc1ccc(Cl)cc1)C(=O)CN(c1ccc(OCC)cc1)S(=O)(=O)c1ccc(SC)cc1. The number of nitrogens with one attached hydrogen (secondary N) is 1. The summed E-state index contributed by atoms with van der Waals surface area (Å²) < 4.78 is 34.6. The van der Waals surface area contributed by atoms with E-state index in [0.29, 0.717) is 36.0 Å². The fourth-order valence-electron chi connectivity index (χ4n) is 4.28. The zero-order valence-electron chi connectivity index (χ0n) is 23.7. The van der Waals surface area contributed by atoms with Gasteiger partial charge in [-0.05, 0) is 92.8 Å². The third-order valence-corrected chi connectivity index (χ3v) is 9.15. The summed E-state index contributed by atoms with van der Waals surface area (Å²) in [5, 5.41) is 3.34. The molecule has 0 aromatic heterocycles. The van der Waals surface area contributed by atoms with Crippen molar-refractivity contribution < 1.29 is 22.7 Å². The number of hydrogen-bond acceptors (Lipinski definition) is 6. The van der Waals surface area contributed by atoms with Gasteiger partial charge in [-0.3, -0.25) is 13.9 Å². The lowest BCUT2D eigenvalue weighted by molar-refractivity contribution is -0.140. The Labute approximate surface area is 252 Å². The van der Waals surface area contributed by atoms with E-state index in [4.69, 9.17) is 16.3 Å². The average molecular weight is 618 g/mol. The number of sulfonamides is 1. The Morgan fingerprint density at radius 1 is 0.951 bits per heavy atom. The molecule has 3 rings (SSSR count). The van der Waals surface area contributed by atoms with Gasteiger partial charge < -0.3 is 15.0 Å². The van der Waals surface area contributed by atoms with Crippen molar-refractivity contribution in [1.82, 2.24) is 10.2 Å². The van der Waals surface area contributed by atoms with E-state index < -0.39 is 28.5 Å². The summed E-state index contributed by atoms with van der Waals surface area (Å²) in [7, 11) is -4.16. The number of carbonyl (C=O) groups is 2. The quantitative estimate of drug-likeness (QED) is 0.237. The van der Waals surface area contributed by atoms with Gasteiger partial charge in [0.05, 0.1) is 17.2 Å². The molecule has 0 bridgehead atoms. The van der Waals surface area contributed by atoms with Crippen molar-refractivity contribution in [3.63, 3.8) is 0 Å². The number of benzene rings is 3. The lowest BCUT2D eigenvalue weighted by Crippen LogP contribution is -2.52. The highest BCUT2D eigenvalue weighted by molar-refractivity contribution is 7.98. The molecule has 1 N–H and O–H groups in total. The number of halogens is 1. The van der Waals surface area contributed by atoms with Crippen LogP contribution in [-0.4, -0.2) is 57.1 Å². The summed E-state index contributed by atoms with van der Waals surface area (Å²) in [4.78, 5) is 29.5. The van der Waals surface area contributed by atoms with Crippen LogP contribution in [0.25, 0.3) is 0 Å². The molecule has 0 saturated carbocycles. The van der Waals surface area contributed by atoms with Crippen LogP contribution in [0, 0.1) is 0 Å². The van der Waals surface area contributed by atoms with Crippen LogP contribution in [-0.2, 0) is 26.2 Å². The van der Waals surface area contributed by atoms with Gasteiger partial charge >= 0.3 is 0 Å². The highest BCUT2D eigenvalue weighted by Crippen LogP contribution is 2.28. The number of likely N-dealkylation sites (N-methyl/N-ethyl adjacent to an activating group) is 1. The summed E-state index contributed by atoms with van der Waals surface area (Å²) in [6, 6.07) is 19.2. The van der Waals surface area contributed by atoms with Gasteiger partial charge in [-0.2, -0.15) is 0 Å². The Bertz CT molecular complexity index is 1400. The summed E-state index contributed by atoms with van der Waals surface area (Å²) in [6.07, 6.45) is 2.25. The summed E-state index contributed by atoms with van der Waals surface area (Å²) >= 11 is 7.56. The third-order valence-electron chi connectivity index (χ3n) is 6.37. The lowest BCUT2D eigenvalue weighted by Gasteiger charge is -2.33. The van der Waals surface area contributed by atoms with Gasteiger partial charge in [0.25, 0.3) is 10.0 Å².